The molecule has 1 aliphatic heterocycles. The molecule has 0 atom stereocenters. The monoisotopic (exact) mass is 496 g/mol. The van der Waals surface area contributed by atoms with Crippen LogP contribution in [-0.4, -0.2) is 80.0 Å². The van der Waals surface area contributed by atoms with Crippen LogP contribution in [0.25, 0.3) is 10.8 Å². The van der Waals surface area contributed by atoms with E-state index in [1.807, 2.05) is 4.90 Å². The van der Waals surface area contributed by atoms with Gasteiger partial charge in [0.1, 0.15) is 0 Å². The Kier molecular flexibility index (Phi) is 6.72. The van der Waals surface area contributed by atoms with Crippen LogP contribution in [0.4, 0.5) is 18.3 Å². The van der Waals surface area contributed by atoms with Crippen molar-refractivity contribution in [3.63, 3.8) is 0 Å². The van der Waals surface area contributed by atoms with Gasteiger partial charge in [-0.15, -0.1) is 20.4 Å². The summed E-state index contributed by atoms with van der Waals surface area (Å²) in [5.74, 6) is -0.951. The van der Waals surface area contributed by atoms with Gasteiger partial charge >= 0.3 is 12.1 Å². The van der Waals surface area contributed by atoms with Crippen LogP contribution in [0.15, 0.2) is 24.3 Å². The van der Waals surface area contributed by atoms with Gasteiger partial charge in [0.2, 0.25) is 11.0 Å². The second kappa shape index (κ2) is 9.70. The first-order chi connectivity index (χ1) is 16.3. The third kappa shape index (κ3) is 5.13. The van der Waals surface area contributed by atoms with Gasteiger partial charge in [-0.3, -0.25) is 4.79 Å². The fraction of sp³-hybridized carbons (Fsp3) is 0.421. The van der Waals surface area contributed by atoms with Crippen LogP contribution in [0.5, 0.6) is 0 Å². The molecular formula is C19H19F3N8O3S. The number of ether oxygens (including phenoxy) is 1. The Morgan fingerprint density at radius 2 is 1.82 bits per heavy atom. The third-order valence-corrected chi connectivity index (χ3v) is 5.91. The smallest absolute Gasteiger partial charge is 0.417 e. The fourth-order valence-corrected chi connectivity index (χ4v) is 4.16. The molecule has 0 saturated carbocycles. The van der Waals surface area contributed by atoms with Gasteiger partial charge in [-0.1, -0.05) is 23.5 Å². The molecule has 15 heteroatoms. The molecule has 180 valence electrons. The van der Waals surface area contributed by atoms with E-state index in [9.17, 15) is 22.8 Å². The zero-order valence-electron chi connectivity index (χ0n) is 17.9. The highest BCUT2D eigenvalue weighted by Crippen LogP contribution is 2.33. The number of halogens is 3. The van der Waals surface area contributed by atoms with Crippen molar-refractivity contribution in [2.45, 2.75) is 19.6 Å². The number of carbonyl (C=O) groups is 2. The minimum atomic E-state index is -4.61. The number of piperazine rings is 1. The molecule has 11 nitrogen and oxygen atoms in total. The van der Waals surface area contributed by atoms with Crippen molar-refractivity contribution < 1.29 is 27.5 Å². The summed E-state index contributed by atoms with van der Waals surface area (Å²) in [6.07, 6.45) is -4.61. The lowest BCUT2D eigenvalue weighted by atomic mass is 10.1. The Morgan fingerprint density at radius 3 is 2.53 bits per heavy atom. The molecule has 0 unspecified atom stereocenters. The van der Waals surface area contributed by atoms with Gasteiger partial charge < -0.3 is 14.5 Å². The maximum absolute atomic E-state index is 13.3. The van der Waals surface area contributed by atoms with Gasteiger partial charge in [-0.25, -0.2) is 4.79 Å². The number of benzene rings is 1. The summed E-state index contributed by atoms with van der Waals surface area (Å²) >= 11 is 1.20. The molecule has 2 aromatic heterocycles. The summed E-state index contributed by atoms with van der Waals surface area (Å²) in [6.45, 7) is 2.96. The second-order valence-electron chi connectivity index (χ2n) is 7.16. The molecule has 3 heterocycles. The Balaban J connectivity index is 1.38. The summed E-state index contributed by atoms with van der Waals surface area (Å²) in [7, 11) is 0. The molecule has 1 aromatic carbocycles. The number of esters is 1. The molecule has 0 radical (unpaired) electrons. The molecule has 3 aromatic rings. The second-order valence-corrected chi connectivity index (χ2v) is 8.12. The van der Waals surface area contributed by atoms with Crippen LogP contribution in [0.3, 0.4) is 0 Å². The molecule has 34 heavy (non-hydrogen) atoms. The molecule has 0 bridgehead atoms. The highest BCUT2D eigenvalue weighted by atomic mass is 32.1. The number of hydrogen-bond acceptors (Lipinski definition) is 10. The van der Waals surface area contributed by atoms with E-state index in [1.165, 1.54) is 34.4 Å². The number of amides is 1. The zero-order chi connectivity index (χ0) is 24.3. The zero-order valence-corrected chi connectivity index (χ0v) is 18.7. The lowest BCUT2D eigenvalue weighted by molar-refractivity contribution is -0.144. The fourth-order valence-electron chi connectivity index (χ4n) is 3.34. The van der Waals surface area contributed by atoms with E-state index < -0.39 is 23.6 Å². The van der Waals surface area contributed by atoms with Crippen molar-refractivity contribution in [2.24, 2.45) is 0 Å². The normalized spacial score (nSPS) is 14.4. The molecular weight excluding hydrogens is 477 g/mol. The topological polar surface area (TPSA) is 119 Å². The summed E-state index contributed by atoms with van der Waals surface area (Å²) in [5, 5.41) is 20.9. The summed E-state index contributed by atoms with van der Waals surface area (Å²) in [4.78, 5) is 28.6. The van der Waals surface area contributed by atoms with Crippen LogP contribution in [-0.2, 0) is 22.3 Å². The molecule has 1 fully saturated rings. The Bertz CT molecular complexity index is 1170. The number of anilines is 1. The van der Waals surface area contributed by atoms with Crippen LogP contribution in [0.1, 0.15) is 22.8 Å². The Labute approximate surface area is 195 Å². The number of carbonyl (C=O) groups excluding carboxylic acids is 2. The van der Waals surface area contributed by atoms with E-state index >= 15 is 0 Å². The minimum absolute atomic E-state index is 0.181. The van der Waals surface area contributed by atoms with Gasteiger partial charge in [0.25, 0.3) is 5.91 Å². The quantitative estimate of drug-likeness (QED) is 0.470. The predicted octanol–water partition coefficient (Wildman–Crippen LogP) is 1.74. The number of rotatable bonds is 6. The average Bonchev–Trinajstić information content (AvgIpc) is 3.48. The Morgan fingerprint density at radius 1 is 1.09 bits per heavy atom. The van der Waals surface area contributed by atoms with Gasteiger partial charge in [0.05, 0.1) is 17.7 Å². The molecule has 1 saturated heterocycles. The maximum atomic E-state index is 13.3. The molecule has 4 rings (SSSR count). The van der Waals surface area contributed by atoms with Crippen LogP contribution < -0.4 is 4.90 Å². The number of alkyl halides is 3. The Hall–Kier alpha value is -3.62. The molecule has 0 spiro atoms. The van der Waals surface area contributed by atoms with E-state index in [4.69, 9.17) is 4.74 Å². The largest absolute Gasteiger partial charge is 0.465 e. The van der Waals surface area contributed by atoms with Crippen molar-refractivity contribution in [1.82, 2.24) is 35.3 Å². The predicted molar refractivity (Wildman–Crippen MR) is 113 cm³/mol. The molecule has 1 amide bonds. The third-order valence-electron chi connectivity index (χ3n) is 4.93. The van der Waals surface area contributed by atoms with Gasteiger partial charge in [0, 0.05) is 26.2 Å². The van der Waals surface area contributed by atoms with Gasteiger partial charge in [-0.05, 0) is 24.3 Å². The van der Waals surface area contributed by atoms with Crippen LogP contribution >= 0.6 is 11.3 Å². The van der Waals surface area contributed by atoms with Crippen LogP contribution in [0.2, 0.25) is 0 Å². The first-order valence-corrected chi connectivity index (χ1v) is 11.1. The van der Waals surface area contributed by atoms with Gasteiger partial charge in [-0.2, -0.15) is 18.0 Å². The van der Waals surface area contributed by atoms with Crippen molar-refractivity contribution in [1.29, 1.82) is 0 Å². The average molecular weight is 496 g/mol. The maximum Gasteiger partial charge on any atom is 0.417 e. The van der Waals surface area contributed by atoms with E-state index in [1.54, 1.807) is 6.92 Å². The number of aromatic nitrogens is 6. The molecule has 1 aliphatic rings. The minimum Gasteiger partial charge on any atom is -0.465 e. The number of tetrazole rings is 1. The van der Waals surface area contributed by atoms with Gasteiger partial charge in [0.15, 0.2) is 11.6 Å². The lowest BCUT2D eigenvalue weighted by Gasteiger charge is -2.34. The van der Waals surface area contributed by atoms with E-state index in [0.29, 0.717) is 23.2 Å². The van der Waals surface area contributed by atoms with Crippen molar-refractivity contribution in [2.75, 3.05) is 37.7 Å². The summed E-state index contributed by atoms with van der Waals surface area (Å²) in [6, 6.07) is 4.77. The summed E-state index contributed by atoms with van der Waals surface area (Å²) < 4.78 is 44.6. The van der Waals surface area contributed by atoms with E-state index in [0.717, 1.165) is 10.9 Å². The lowest BCUT2D eigenvalue weighted by Crippen LogP contribution is -2.49. The SMILES string of the molecule is CCOC(=O)Cn1nnc(-c2nnc(N3CCN(C(=O)c4ccccc4C(F)(F)F)CC3)s2)n1. The first-order valence-electron chi connectivity index (χ1n) is 10.2. The molecule has 0 N–H and O–H groups in total. The van der Waals surface area contributed by atoms with Crippen LogP contribution in [0, 0.1) is 0 Å². The van der Waals surface area contributed by atoms with Crippen molar-refractivity contribution >= 4 is 28.3 Å². The highest BCUT2D eigenvalue weighted by molar-refractivity contribution is 7.18. The summed E-state index contributed by atoms with van der Waals surface area (Å²) in [5.41, 5.74) is -1.31. The van der Waals surface area contributed by atoms with Crippen molar-refractivity contribution in [3.8, 4) is 10.8 Å². The van der Waals surface area contributed by atoms with Crippen molar-refractivity contribution in [3.05, 3.63) is 35.4 Å². The number of hydrogen-bond donors (Lipinski definition) is 0. The number of nitrogens with zero attached hydrogens (tertiary/aromatic N) is 8. The first kappa shape index (κ1) is 23.5. The molecule has 0 aliphatic carbocycles. The standard InChI is InChI=1S/C19H19F3N8O3S/c1-2-33-14(31)11-30-26-15(23-27-30)16-24-25-18(34-16)29-9-7-28(8-10-29)17(32)12-5-3-4-6-13(12)19(20,21)22/h3-6H,2,7-11H2,1H3. The van der Waals surface area contributed by atoms with E-state index in [2.05, 4.69) is 25.6 Å². The highest BCUT2D eigenvalue weighted by Gasteiger charge is 2.36. The van der Waals surface area contributed by atoms with E-state index in [-0.39, 0.29) is 37.6 Å².